The van der Waals surface area contributed by atoms with Crippen LogP contribution in [0.5, 0.6) is 0 Å². The van der Waals surface area contributed by atoms with Gasteiger partial charge >= 0.3 is 0 Å². The fourth-order valence-corrected chi connectivity index (χ4v) is 2.81. The van der Waals surface area contributed by atoms with E-state index < -0.39 is 0 Å². The quantitative estimate of drug-likeness (QED) is 0.749. The third-order valence-corrected chi connectivity index (χ3v) is 3.65. The summed E-state index contributed by atoms with van der Waals surface area (Å²) >= 11 is 0. The smallest absolute Gasteiger partial charge is 0.0108 e. The second-order valence-corrected chi connectivity index (χ2v) is 7.11. The molecule has 0 spiro atoms. The summed E-state index contributed by atoms with van der Waals surface area (Å²) in [6, 6.07) is 0. The third-order valence-electron chi connectivity index (χ3n) is 3.65. The summed E-state index contributed by atoms with van der Waals surface area (Å²) in [4.78, 5) is 5.11. The van der Waals surface area contributed by atoms with Gasteiger partial charge < -0.3 is 15.1 Å². The van der Waals surface area contributed by atoms with Crippen molar-refractivity contribution < 1.29 is 0 Å². The molecule has 1 aliphatic heterocycles. The first-order valence-electron chi connectivity index (χ1n) is 7.51. The molecule has 0 saturated carbocycles. The fraction of sp³-hybridized carbons (Fsp3) is 1.00. The molecule has 0 radical (unpaired) electrons. The van der Waals surface area contributed by atoms with Gasteiger partial charge in [-0.1, -0.05) is 27.7 Å². The molecule has 3 nitrogen and oxygen atoms in total. The van der Waals surface area contributed by atoms with E-state index in [9.17, 15) is 0 Å². The Labute approximate surface area is 114 Å². The summed E-state index contributed by atoms with van der Waals surface area (Å²) in [7, 11) is 2.27. The molecule has 0 aromatic rings. The summed E-state index contributed by atoms with van der Waals surface area (Å²) in [5.41, 5.74) is 0.392. The number of nitrogens with one attached hydrogen (secondary N) is 1. The minimum atomic E-state index is 0.392. The van der Waals surface area contributed by atoms with Crippen LogP contribution in [0.2, 0.25) is 0 Å². The molecule has 1 rings (SSSR count). The van der Waals surface area contributed by atoms with Crippen LogP contribution in [0.25, 0.3) is 0 Å². The van der Waals surface area contributed by atoms with Gasteiger partial charge in [0.2, 0.25) is 0 Å². The number of rotatable bonds is 7. The molecular weight excluding hydrogens is 222 g/mol. The predicted octanol–water partition coefficient (Wildman–Crippen LogP) is 1.90. The lowest BCUT2D eigenvalue weighted by atomic mass is 9.91. The van der Waals surface area contributed by atoms with Gasteiger partial charge in [0.1, 0.15) is 0 Å². The lowest BCUT2D eigenvalue weighted by Crippen LogP contribution is -2.49. The molecule has 18 heavy (non-hydrogen) atoms. The molecule has 1 N–H and O–H groups in total. The van der Waals surface area contributed by atoms with Crippen LogP contribution < -0.4 is 5.32 Å². The fourth-order valence-electron chi connectivity index (χ4n) is 2.81. The van der Waals surface area contributed by atoms with Crippen molar-refractivity contribution in [1.29, 1.82) is 0 Å². The summed E-state index contributed by atoms with van der Waals surface area (Å²) in [6.07, 6.45) is 1.31. The number of hydrogen-bond donors (Lipinski definition) is 1. The Morgan fingerprint density at radius 3 is 2.39 bits per heavy atom. The van der Waals surface area contributed by atoms with Gasteiger partial charge in [-0.25, -0.2) is 0 Å². The average Bonchev–Trinajstić information content (AvgIpc) is 2.26. The summed E-state index contributed by atoms with van der Waals surface area (Å²) in [5.74, 6) is 0.809. The van der Waals surface area contributed by atoms with E-state index in [-0.39, 0.29) is 0 Å². The Balaban J connectivity index is 2.28. The molecule has 3 heteroatoms. The maximum Gasteiger partial charge on any atom is 0.0108 e. The molecule has 1 fully saturated rings. The van der Waals surface area contributed by atoms with Gasteiger partial charge in [0.15, 0.2) is 0 Å². The average molecular weight is 255 g/mol. The molecule has 1 saturated heterocycles. The van der Waals surface area contributed by atoms with E-state index in [4.69, 9.17) is 0 Å². The van der Waals surface area contributed by atoms with Crippen LogP contribution in [0.15, 0.2) is 0 Å². The normalized spacial score (nSPS) is 18.8. The molecule has 0 aromatic heterocycles. The zero-order chi connectivity index (χ0) is 13.6. The summed E-state index contributed by atoms with van der Waals surface area (Å²) < 4.78 is 0. The van der Waals surface area contributed by atoms with Gasteiger partial charge in [-0.2, -0.15) is 0 Å². The molecule has 0 aromatic carbocycles. The van der Waals surface area contributed by atoms with Crippen LogP contribution in [0, 0.1) is 11.3 Å². The Morgan fingerprint density at radius 1 is 1.22 bits per heavy atom. The van der Waals surface area contributed by atoms with Crippen LogP contribution in [-0.4, -0.2) is 62.7 Å². The molecular formula is C15H33N3. The lowest BCUT2D eigenvalue weighted by molar-refractivity contribution is 0.121. The molecule has 0 unspecified atom stereocenters. The maximum absolute atomic E-state index is 3.42. The highest BCUT2D eigenvalue weighted by Gasteiger charge is 2.24. The van der Waals surface area contributed by atoms with Crippen LogP contribution in [-0.2, 0) is 0 Å². The van der Waals surface area contributed by atoms with E-state index in [2.05, 4.69) is 49.9 Å². The molecule has 0 amide bonds. The van der Waals surface area contributed by atoms with E-state index in [0.29, 0.717) is 5.41 Å². The first-order chi connectivity index (χ1) is 8.39. The van der Waals surface area contributed by atoms with Gasteiger partial charge in [0, 0.05) is 39.3 Å². The minimum Gasteiger partial charge on any atom is -0.314 e. The first kappa shape index (κ1) is 15.9. The topological polar surface area (TPSA) is 18.5 Å². The van der Waals surface area contributed by atoms with Crippen LogP contribution >= 0.6 is 0 Å². The highest BCUT2D eigenvalue weighted by atomic mass is 15.2. The standard InChI is InChI=1S/C15H33N3/c1-14(2)6-9-17(5)12-15(3,4)13-18-10-7-16-8-11-18/h14,16H,6-13H2,1-5H3. The summed E-state index contributed by atoms with van der Waals surface area (Å²) in [6.45, 7) is 17.8. The van der Waals surface area contributed by atoms with Crippen molar-refractivity contribution in [2.24, 2.45) is 11.3 Å². The largest absolute Gasteiger partial charge is 0.314 e. The Kier molecular flexibility index (Phi) is 6.61. The molecule has 1 heterocycles. The van der Waals surface area contributed by atoms with Crippen LogP contribution in [0.1, 0.15) is 34.1 Å². The third kappa shape index (κ3) is 6.72. The van der Waals surface area contributed by atoms with Crippen molar-refractivity contribution in [3.63, 3.8) is 0 Å². The first-order valence-corrected chi connectivity index (χ1v) is 7.51. The van der Waals surface area contributed by atoms with E-state index in [1.165, 1.54) is 39.1 Å². The van der Waals surface area contributed by atoms with Crippen molar-refractivity contribution >= 4 is 0 Å². The number of hydrogen-bond acceptors (Lipinski definition) is 3. The lowest BCUT2D eigenvalue weighted by Gasteiger charge is -2.37. The SMILES string of the molecule is CC(C)CCN(C)CC(C)(C)CN1CCNCC1. The van der Waals surface area contributed by atoms with Crippen molar-refractivity contribution in [1.82, 2.24) is 15.1 Å². The van der Waals surface area contributed by atoms with Crippen LogP contribution in [0.3, 0.4) is 0 Å². The van der Waals surface area contributed by atoms with E-state index in [1.807, 2.05) is 0 Å². The van der Waals surface area contributed by atoms with Gasteiger partial charge in [-0.05, 0) is 31.3 Å². The van der Waals surface area contributed by atoms with Gasteiger partial charge in [0.25, 0.3) is 0 Å². The minimum absolute atomic E-state index is 0.392. The van der Waals surface area contributed by atoms with Gasteiger partial charge in [0.05, 0.1) is 0 Å². The Bertz CT molecular complexity index is 220. The van der Waals surface area contributed by atoms with Crippen molar-refractivity contribution in [3.05, 3.63) is 0 Å². The Hall–Kier alpha value is -0.120. The molecule has 0 atom stereocenters. The predicted molar refractivity (Wildman–Crippen MR) is 80.0 cm³/mol. The second kappa shape index (κ2) is 7.46. The van der Waals surface area contributed by atoms with E-state index >= 15 is 0 Å². The zero-order valence-corrected chi connectivity index (χ0v) is 13.1. The van der Waals surface area contributed by atoms with Crippen LogP contribution in [0.4, 0.5) is 0 Å². The molecule has 0 bridgehead atoms. The highest BCUT2D eigenvalue weighted by molar-refractivity contribution is 4.79. The van der Waals surface area contributed by atoms with E-state index in [1.54, 1.807) is 0 Å². The zero-order valence-electron chi connectivity index (χ0n) is 13.1. The van der Waals surface area contributed by atoms with Gasteiger partial charge in [-0.3, -0.25) is 0 Å². The van der Waals surface area contributed by atoms with Crippen molar-refractivity contribution in [2.45, 2.75) is 34.1 Å². The number of nitrogens with zero attached hydrogens (tertiary/aromatic N) is 2. The number of piperazine rings is 1. The van der Waals surface area contributed by atoms with Crippen molar-refractivity contribution in [3.8, 4) is 0 Å². The molecule has 0 aliphatic carbocycles. The second-order valence-electron chi connectivity index (χ2n) is 7.11. The highest BCUT2D eigenvalue weighted by Crippen LogP contribution is 2.19. The Morgan fingerprint density at radius 2 is 1.83 bits per heavy atom. The van der Waals surface area contributed by atoms with E-state index in [0.717, 1.165) is 19.0 Å². The summed E-state index contributed by atoms with van der Waals surface area (Å²) in [5, 5.41) is 3.42. The van der Waals surface area contributed by atoms with Gasteiger partial charge in [-0.15, -0.1) is 0 Å². The molecule has 108 valence electrons. The maximum atomic E-state index is 3.42. The van der Waals surface area contributed by atoms with Crippen molar-refractivity contribution in [2.75, 3.05) is 52.9 Å². The monoisotopic (exact) mass is 255 g/mol. The molecule has 1 aliphatic rings.